The lowest BCUT2D eigenvalue weighted by Crippen LogP contribution is -1.89. The third-order valence-corrected chi connectivity index (χ3v) is 5.15. The summed E-state index contributed by atoms with van der Waals surface area (Å²) in [5.41, 5.74) is 4.83. The van der Waals surface area contributed by atoms with Gasteiger partial charge in [0.25, 0.3) is 0 Å². The zero-order valence-electron chi connectivity index (χ0n) is 11.9. The Hall–Kier alpha value is -1.46. The van der Waals surface area contributed by atoms with Crippen molar-refractivity contribution in [3.63, 3.8) is 0 Å². The molecule has 1 aromatic carbocycles. The first-order valence-electron chi connectivity index (χ1n) is 6.69. The standard InChI is InChI=1S/C16H15FN2S2/c1-10-3-4-12(11(2)7-10)13-8-21-16-14(13)15(18-9-19-16)20-6-5-17/h3-4,7-9H,5-6H2,1-2H3. The molecule has 2 nitrogen and oxygen atoms in total. The maximum Gasteiger partial charge on any atom is 0.128 e. The average molecular weight is 318 g/mol. The van der Waals surface area contributed by atoms with E-state index >= 15 is 0 Å². The first-order valence-corrected chi connectivity index (χ1v) is 8.56. The molecule has 0 atom stereocenters. The van der Waals surface area contributed by atoms with E-state index in [0.29, 0.717) is 5.75 Å². The molecule has 3 rings (SSSR count). The van der Waals surface area contributed by atoms with Crippen LogP contribution in [0.4, 0.5) is 4.39 Å². The largest absolute Gasteiger partial charge is 0.250 e. The smallest absolute Gasteiger partial charge is 0.128 e. The molecule has 0 amide bonds. The van der Waals surface area contributed by atoms with Gasteiger partial charge in [-0.05, 0) is 25.0 Å². The molecule has 2 aromatic heterocycles. The van der Waals surface area contributed by atoms with Gasteiger partial charge in [-0.2, -0.15) is 0 Å². The fraction of sp³-hybridized carbons (Fsp3) is 0.250. The molecule has 0 radical (unpaired) electrons. The number of rotatable bonds is 4. The molecule has 0 unspecified atom stereocenters. The van der Waals surface area contributed by atoms with Gasteiger partial charge in [-0.25, -0.2) is 9.97 Å². The first kappa shape index (κ1) is 14.5. The van der Waals surface area contributed by atoms with E-state index in [-0.39, 0.29) is 6.67 Å². The number of aryl methyl sites for hydroxylation is 2. The molecule has 0 spiro atoms. The Morgan fingerprint density at radius 1 is 1.19 bits per heavy atom. The first-order chi connectivity index (χ1) is 10.2. The highest BCUT2D eigenvalue weighted by Crippen LogP contribution is 2.39. The second-order valence-electron chi connectivity index (χ2n) is 4.86. The SMILES string of the molecule is Cc1ccc(-c2csc3ncnc(SCCF)c23)c(C)c1. The molecule has 0 bridgehead atoms. The zero-order valence-corrected chi connectivity index (χ0v) is 13.5. The van der Waals surface area contributed by atoms with E-state index in [4.69, 9.17) is 0 Å². The van der Waals surface area contributed by atoms with Crippen LogP contribution in [0, 0.1) is 13.8 Å². The van der Waals surface area contributed by atoms with E-state index in [1.54, 1.807) is 17.7 Å². The van der Waals surface area contributed by atoms with Crippen molar-refractivity contribution in [3.05, 3.63) is 41.0 Å². The third-order valence-electron chi connectivity index (χ3n) is 3.32. The predicted molar refractivity (Wildman–Crippen MR) is 89.0 cm³/mol. The zero-order chi connectivity index (χ0) is 14.8. The molecule has 5 heteroatoms. The van der Waals surface area contributed by atoms with Crippen molar-refractivity contribution in [1.82, 2.24) is 9.97 Å². The van der Waals surface area contributed by atoms with Crippen LogP contribution in [0.1, 0.15) is 11.1 Å². The summed E-state index contributed by atoms with van der Waals surface area (Å²) in [6.07, 6.45) is 1.56. The lowest BCUT2D eigenvalue weighted by atomic mass is 9.99. The molecule has 0 aliphatic heterocycles. The minimum atomic E-state index is -0.348. The number of fused-ring (bicyclic) bond motifs is 1. The predicted octanol–water partition coefficient (Wildman–Crippen LogP) is 5.04. The van der Waals surface area contributed by atoms with E-state index in [9.17, 15) is 4.39 Å². The Labute approximate surface area is 131 Å². The number of nitrogens with zero attached hydrogens (tertiary/aromatic N) is 2. The number of benzene rings is 1. The Morgan fingerprint density at radius 2 is 2.05 bits per heavy atom. The summed E-state index contributed by atoms with van der Waals surface area (Å²) in [7, 11) is 0. The summed E-state index contributed by atoms with van der Waals surface area (Å²) in [5, 5.41) is 4.04. The van der Waals surface area contributed by atoms with Crippen LogP contribution in [0.15, 0.2) is 34.9 Å². The molecule has 0 aliphatic rings. The van der Waals surface area contributed by atoms with Gasteiger partial charge in [0.2, 0.25) is 0 Å². The average Bonchev–Trinajstić information content (AvgIpc) is 2.89. The van der Waals surface area contributed by atoms with E-state index in [1.165, 1.54) is 28.5 Å². The van der Waals surface area contributed by atoms with Crippen molar-refractivity contribution in [3.8, 4) is 11.1 Å². The van der Waals surface area contributed by atoms with Crippen molar-refractivity contribution in [2.45, 2.75) is 18.9 Å². The molecular formula is C16H15FN2S2. The topological polar surface area (TPSA) is 25.8 Å². The summed E-state index contributed by atoms with van der Waals surface area (Å²) in [6, 6.07) is 6.43. The molecule has 3 aromatic rings. The molecule has 2 heterocycles. The second kappa shape index (κ2) is 6.12. The number of halogens is 1. The Morgan fingerprint density at radius 3 is 2.81 bits per heavy atom. The van der Waals surface area contributed by atoms with Crippen LogP contribution in [0.25, 0.3) is 21.3 Å². The fourth-order valence-electron chi connectivity index (χ4n) is 2.41. The van der Waals surface area contributed by atoms with Gasteiger partial charge in [-0.15, -0.1) is 23.1 Å². The van der Waals surface area contributed by atoms with Crippen LogP contribution in [-0.2, 0) is 0 Å². The number of thiophene rings is 1. The number of aromatic nitrogens is 2. The Kier molecular flexibility index (Phi) is 4.22. The van der Waals surface area contributed by atoms with Crippen LogP contribution in [0.3, 0.4) is 0 Å². The van der Waals surface area contributed by atoms with Gasteiger partial charge in [0, 0.05) is 16.7 Å². The molecule has 21 heavy (non-hydrogen) atoms. The quantitative estimate of drug-likeness (QED) is 0.498. The summed E-state index contributed by atoms with van der Waals surface area (Å²) in [5.74, 6) is 0.425. The highest BCUT2D eigenvalue weighted by atomic mass is 32.2. The summed E-state index contributed by atoms with van der Waals surface area (Å²) in [6.45, 7) is 3.86. The van der Waals surface area contributed by atoms with Crippen molar-refractivity contribution in [2.75, 3.05) is 12.4 Å². The highest BCUT2D eigenvalue weighted by Gasteiger charge is 2.14. The van der Waals surface area contributed by atoms with E-state index in [2.05, 4.69) is 47.4 Å². The highest BCUT2D eigenvalue weighted by molar-refractivity contribution is 7.99. The van der Waals surface area contributed by atoms with Crippen molar-refractivity contribution < 1.29 is 4.39 Å². The number of hydrogen-bond donors (Lipinski definition) is 0. The van der Waals surface area contributed by atoms with Crippen LogP contribution >= 0.6 is 23.1 Å². The summed E-state index contributed by atoms with van der Waals surface area (Å²) in [4.78, 5) is 9.65. The van der Waals surface area contributed by atoms with Crippen molar-refractivity contribution in [2.24, 2.45) is 0 Å². The maximum absolute atomic E-state index is 12.5. The van der Waals surface area contributed by atoms with Gasteiger partial charge in [-0.3, -0.25) is 4.39 Å². The minimum Gasteiger partial charge on any atom is -0.250 e. The lowest BCUT2D eigenvalue weighted by Gasteiger charge is -2.08. The van der Waals surface area contributed by atoms with Gasteiger partial charge in [0.15, 0.2) is 0 Å². The molecule has 0 saturated heterocycles. The van der Waals surface area contributed by atoms with Crippen LogP contribution in [0.5, 0.6) is 0 Å². The number of alkyl halides is 1. The minimum absolute atomic E-state index is 0.348. The lowest BCUT2D eigenvalue weighted by molar-refractivity contribution is 0.532. The third kappa shape index (κ3) is 2.80. The normalized spacial score (nSPS) is 11.2. The van der Waals surface area contributed by atoms with Gasteiger partial charge in [0.1, 0.15) is 16.2 Å². The second-order valence-corrected chi connectivity index (χ2v) is 6.81. The van der Waals surface area contributed by atoms with Crippen molar-refractivity contribution in [1.29, 1.82) is 0 Å². The summed E-state index contributed by atoms with van der Waals surface area (Å²) >= 11 is 3.06. The van der Waals surface area contributed by atoms with Crippen LogP contribution < -0.4 is 0 Å². The molecule has 0 N–H and O–H groups in total. The maximum atomic E-state index is 12.5. The number of hydrogen-bond acceptors (Lipinski definition) is 4. The fourth-order valence-corrected chi connectivity index (χ4v) is 4.12. The van der Waals surface area contributed by atoms with Crippen molar-refractivity contribution >= 4 is 33.3 Å². The van der Waals surface area contributed by atoms with E-state index in [0.717, 1.165) is 20.8 Å². The van der Waals surface area contributed by atoms with Gasteiger partial charge in [-0.1, -0.05) is 23.8 Å². The summed E-state index contributed by atoms with van der Waals surface area (Å²) < 4.78 is 12.5. The van der Waals surface area contributed by atoms with Gasteiger partial charge < -0.3 is 0 Å². The Bertz CT molecular complexity index is 783. The molecule has 0 saturated carbocycles. The molecule has 0 fully saturated rings. The monoisotopic (exact) mass is 318 g/mol. The number of thioether (sulfide) groups is 1. The van der Waals surface area contributed by atoms with Gasteiger partial charge >= 0.3 is 0 Å². The molecular weight excluding hydrogens is 303 g/mol. The van der Waals surface area contributed by atoms with E-state index < -0.39 is 0 Å². The molecule has 0 aliphatic carbocycles. The van der Waals surface area contributed by atoms with Crippen LogP contribution in [0.2, 0.25) is 0 Å². The molecule has 108 valence electrons. The van der Waals surface area contributed by atoms with E-state index in [1.807, 2.05) is 0 Å². The van der Waals surface area contributed by atoms with Crippen LogP contribution in [-0.4, -0.2) is 22.4 Å². The van der Waals surface area contributed by atoms with Gasteiger partial charge in [0.05, 0.1) is 12.1 Å². The Balaban J connectivity index is 2.18.